The molecule has 3 heterocycles. The molecule has 31 heavy (non-hydrogen) atoms. The molecular weight excluding hydrogens is 430 g/mol. The zero-order valence-corrected chi connectivity index (χ0v) is 19.2. The maximum Gasteiger partial charge on any atom is 0.244 e. The monoisotopic (exact) mass is 453 g/mol. The van der Waals surface area contributed by atoms with Crippen LogP contribution in [0.3, 0.4) is 0 Å². The van der Waals surface area contributed by atoms with Gasteiger partial charge in [0.05, 0.1) is 17.1 Å². The van der Waals surface area contributed by atoms with Crippen molar-refractivity contribution >= 4 is 21.4 Å². The Morgan fingerprint density at radius 1 is 1.03 bits per heavy atom. The lowest BCUT2D eigenvalue weighted by Gasteiger charge is -2.07. The van der Waals surface area contributed by atoms with Crippen LogP contribution in [0.15, 0.2) is 58.8 Å². The minimum atomic E-state index is -3.72. The fourth-order valence-electron chi connectivity index (χ4n) is 3.40. The number of rotatable bonds is 7. The van der Waals surface area contributed by atoms with Crippen molar-refractivity contribution < 1.29 is 8.42 Å². The molecule has 4 rings (SSSR count). The third-order valence-corrected chi connectivity index (χ3v) is 7.56. The summed E-state index contributed by atoms with van der Waals surface area (Å²) >= 11 is 1.50. The lowest BCUT2D eigenvalue weighted by atomic mass is 10.1. The summed E-state index contributed by atoms with van der Waals surface area (Å²) < 4.78 is 30.0. The second-order valence-electron chi connectivity index (χ2n) is 7.14. The van der Waals surface area contributed by atoms with Crippen LogP contribution in [0.4, 0.5) is 0 Å². The number of nitrogens with one attached hydrogen (secondary N) is 1. The molecule has 0 saturated carbocycles. The van der Waals surface area contributed by atoms with Crippen LogP contribution in [0.25, 0.3) is 17.1 Å². The molecular formula is C22H23N5O2S2. The predicted octanol–water partition coefficient (Wildman–Crippen LogP) is 4.05. The highest BCUT2D eigenvalue weighted by Gasteiger charge is 2.25. The zero-order valence-electron chi connectivity index (χ0n) is 17.5. The van der Waals surface area contributed by atoms with Gasteiger partial charge in [-0.3, -0.25) is 0 Å². The summed E-state index contributed by atoms with van der Waals surface area (Å²) in [7, 11) is -3.72. The standard InChI is InChI=1S/C22H23N5O2S2/c1-4-17-7-9-18(10-8-17)20-11-12-21(25-24-20)27-16(3)22(15(2)26-27)31(28,29)23-14-19-6-5-13-30-19/h5-13,23H,4,14H2,1-3H3. The molecule has 1 N–H and O–H groups in total. The van der Waals surface area contributed by atoms with Crippen LogP contribution in [0.5, 0.6) is 0 Å². The fraction of sp³-hybridized carbons (Fsp3) is 0.227. The maximum atomic E-state index is 12.9. The van der Waals surface area contributed by atoms with Gasteiger partial charge in [-0.25, -0.2) is 17.8 Å². The number of aromatic nitrogens is 4. The molecule has 9 heteroatoms. The van der Waals surface area contributed by atoms with Gasteiger partial charge >= 0.3 is 0 Å². The summed E-state index contributed by atoms with van der Waals surface area (Å²) in [6.07, 6.45) is 0.982. The van der Waals surface area contributed by atoms with E-state index < -0.39 is 10.0 Å². The van der Waals surface area contributed by atoms with Crippen LogP contribution in [-0.4, -0.2) is 28.4 Å². The first kappa shape index (κ1) is 21.4. The highest BCUT2D eigenvalue weighted by Crippen LogP contribution is 2.23. The molecule has 0 aliphatic heterocycles. The summed E-state index contributed by atoms with van der Waals surface area (Å²) in [5.74, 6) is 0.467. The zero-order chi connectivity index (χ0) is 22.0. The van der Waals surface area contributed by atoms with Gasteiger partial charge in [0.2, 0.25) is 10.0 Å². The van der Waals surface area contributed by atoms with E-state index in [9.17, 15) is 8.42 Å². The molecule has 0 radical (unpaired) electrons. The molecule has 0 amide bonds. The fourth-order valence-corrected chi connectivity index (χ4v) is 5.53. The van der Waals surface area contributed by atoms with Crippen molar-refractivity contribution in [3.63, 3.8) is 0 Å². The lowest BCUT2D eigenvalue weighted by molar-refractivity contribution is 0.580. The van der Waals surface area contributed by atoms with Crippen molar-refractivity contribution in [2.75, 3.05) is 0 Å². The summed E-state index contributed by atoms with van der Waals surface area (Å²) in [4.78, 5) is 1.12. The second-order valence-corrected chi connectivity index (χ2v) is 9.88. The molecule has 4 aromatic rings. The molecule has 0 unspecified atom stereocenters. The number of thiophene rings is 1. The third-order valence-electron chi connectivity index (χ3n) is 5.04. The number of benzene rings is 1. The van der Waals surface area contributed by atoms with Gasteiger partial charge in [-0.05, 0) is 49.4 Å². The van der Waals surface area contributed by atoms with Crippen LogP contribution in [-0.2, 0) is 23.0 Å². The predicted molar refractivity (Wildman–Crippen MR) is 122 cm³/mol. The van der Waals surface area contributed by atoms with Crippen LogP contribution < -0.4 is 4.72 Å². The maximum absolute atomic E-state index is 12.9. The molecule has 0 fully saturated rings. The Hall–Kier alpha value is -2.88. The van der Waals surface area contributed by atoms with Crippen LogP contribution in [0.1, 0.15) is 28.8 Å². The first-order chi connectivity index (χ1) is 14.9. The second kappa shape index (κ2) is 8.70. The normalized spacial score (nSPS) is 11.7. The van der Waals surface area contributed by atoms with Gasteiger partial charge in [0.25, 0.3) is 0 Å². The van der Waals surface area contributed by atoms with E-state index in [0.29, 0.717) is 17.2 Å². The van der Waals surface area contributed by atoms with E-state index in [-0.39, 0.29) is 11.4 Å². The van der Waals surface area contributed by atoms with Crippen molar-refractivity contribution in [1.82, 2.24) is 24.7 Å². The molecule has 7 nitrogen and oxygen atoms in total. The smallest absolute Gasteiger partial charge is 0.216 e. The van der Waals surface area contributed by atoms with Gasteiger partial charge in [-0.15, -0.1) is 21.5 Å². The topological polar surface area (TPSA) is 89.8 Å². The Morgan fingerprint density at radius 2 is 1.81 bits per heavy atom. The Bertz CT molecular complexity index is 1280. The van der Waals surface area contributed by atoms with Crippen LogP contribution in [0.2, 0.25) is 0 Å². The van der Waals surface area contributed by atoms with Crippen LogP contribution in [0, 0.1) is 13.8 Å². The summed E-state index contributed by atoms with van der Waals surface area (Å²) in [6.45, 7) is 5.76. The van der Waals surface area contributed by atoms with E-state index in [0.717, 1.165) is 22.6 Å². The number of nitrogens with zero attached hydrogens (tertiary/aromatic N) is 4. The molecule has 160 valence electrons. The van der Waals surface area contributed by atoms with Gasteiger partial charge in [-0.1, -0.05) is 37.3 Å². The van der Waals surface area contributed by atoms with Gasteiger partial charge in [0.1, 0.15) is 4.90 Å². The number of hydrogen-bond acceptors (Lipinski definition) is 6. The molecule has 3 aromatic heterocycles. The highest BCUT2D eigenvalue weighted by molar-refractivity contribution is 7.89. The highest BCUT2D eigenvalue weighted by atomic mass is 32.2. The van der Waals surface area contributed by atoms with Crippen molar-refractivity contribution in [3.8, 4) is 17.1 Å². The Labute approximate surface area is 185 Å². The van der Waals surface area contributed by atoms with Gasteiger partial charge in [0.15, 0.2) is 5.82 Å². The average Bonchev–Trinajstić information content (AvgIpc) is 3.40. The van der Waals surface area contributed by atoms with E-state index in [1.807, 2.05) is 35.7 Å². The van der Waals surface area contributed by atoms with Crippen LogP contribution >= 0.6 is 11.3 Å². The number of sulfonamides is 1. The van der Waals surface area contributed by atoms with Crippen molar-refractivity contribution in [2.45, 2.75) is 38.6 Å². The van der Waals surface area contributed by atoms with E-state index in [1.165, 1.54) is 21.6 Å². The third kappa shape index (κ3) is 4.43. The molecule has 0 bridgehead atoms. The van der Waals surface area contributed by atoms with Crippen molar-refractivity contribution in [1.29, 1.82) is 0 Å². The molecule has 0 atom stereocenters. The minimum Gasteiger partial charge on any atom is -0.216 e. The number of hydrogen-bond donors (Lipinski definition) is 1. The first-order valence-electron chi connectivity index (χ1n) is 9.90. The Kier molecular flexibility index (Phi) is 5.99. The summed E-state index contributed by atoms with van der Waals surface area (Å²) in [5, 5.41) is 14.9. The van der Waals surface area contributed by atoms with E-state index in [4.69, 9.17) is 0 Å². The summed E-state index contributed by atoms with van der Waals surface area (Å²) in [5.41, 5.74) is 3.89. The molecule has 1 aromatic carbocycles. The minimum absolute atomic E-state index is 0.171. The number of aryl methyl sites for hydroxylation is 2. The average molecular weight is 454 g/mol. The molecule has 0 saturated heterocycles. The summed E-state index contributed by atoms with van der Waals surface area (Å²) in [6, 6.07) is 15.6. The Balaban J connectivity index is 1.60. The van der Waals surface area contributed by atoms with Gasteiger partial charge in [0, 0.05) is 17.0 Å². The van der Waals surface area contributed by atoms with Crippen molar-refractivity contribution in [2.24, 2.45) is 0 Å². The van der Waals surface area contributed by atoms with E-state index in [2.05, 4.69) is 39.1 Å². The SMILES string of the molecule is CCc1ccc(-c2ccc(-n3nc(C)c(S(=O)(=O)NCc4cccs4)c3C)nn2)cc1. The molecule has 0 aliphatic rings. The van der Waals surface area contributed by atoms with E-state index in [1.54, 1.807) is 19.9 Å². The lowest BCUT2D eigenvalue weighted by Crippen LogP contribution is -2.24. The largest absolute Gasteiger partial charge is 0.244 e. The van der Waals surface area contributed by atoms with Gasteiger partial charge < -0.3 is 0 Å². The van der Waals surface area contributed by atoms with Crippen molar-refractivity contribution in [3.05, 3.63) is 75.7 Å². The van der Waals surface area contributed by atoms with E-state index >= 15 is 0 Å². The molecule has 0 spiro atoms. The Morgan fingerprint density at radius 3 is 2.42 bits per heavy atom. The molecule has 0 aliphatic carbocycles. The van der Waals surface area contributed by atoms with Gasteiger partial charge in [-0.2, -0.15) is 5.10 Å². The quantitative estimate of drug-likeness (QED) is 0.456. The first-order valence-corrected chi connectivity index (χ1v) is 12.3.